The number of carbonyl (C=O) groups excluding carboxylic acids is 1. The molecule has 1 saturated heterocycles. The first-order valence-corrected chi connectivity index (χ1v) is 5.46. The van der Waals surface area contributed by atoms with Crippen molar-refractivity contribution < 1.29 is 9.53 Å². The Morgan fingerprint density at radius 3 is 2.79 bits per heavy atom. The summed E-state index contributed by atoms with van der Waals surface area (Å²) in [7, 11) is 1.80. The zero-order chi connectivity index (χ0) is 10.7. The van der Waals surface area contributed by atoms with Crippen LogP contribution >= 0.6 is 11.6 Å². The summed E-state index contributed by atoms with van der Waals surface area (Å²) >= 11 is 5.83. The number of halogens is 1. The molecule has 1 heterocycles. The van der Waals surface area contributed by atoms with Gasteiger partial charge in [-0.2, -0.15) is 0 Å². The summed E-state index contributed by atoms with van der Waals surface area (Å²) in [4.78, 5) is 13.6. The highest BCUT2D eigenvalue weighted by atomic mass is 35.5. The van der Waals surface area contributed by atoms with Gasteiger partial charge in [0, 0.05) is 25.6 Å². The third-order valence-corrected chi connectivity index (χ3v) is 2.73. The molecule has 1 rings (SSSR count). The van der Waals surface area contributed by atoms with Gasteiger partial charge in [-0.3, -0.25) is 4.79 Å². The van der Waals surface area contributed by atoms with Gasteiger partial charge in [0.2, 0.25) is 5.91 Å². The number of hydrogen-bond acceptors (Lipinski definition) is 2. The van der Waals surface area contributed by atoms with Crippen LogP contribution in [0.2, 0.25) is 0 Å². The van der Waals surface area contributed by atoms with Crippen molar-refractivity contribution in [2.75, 3.05) is 20.2 Å². The maximum absolute atomic E-state index is 11.9. The monoisotopic (exact) mass is 219 g/mol. The van der Waals surface area contributed by atoms with Crippen LogP contribution in [0.1, 0.15) is 20.3 Å². The summed E-state index contributed by atoms with van der Waals surface area (Å²) < 4.78 is 5.36. The molecule has 0 aromatic rings. The molecule has 82 valence electrons. The average molecular weight is 220 g/mol. The Bertz CT molecular complexity index is 208. The lowest BCUT2D eigenvalue weighted by molar-refractivity contribution is -0.135. The summed E-state index contributed by atoms with van der Waals surface area (Å²) in [5.41, 5.74) is 0. The molecule has 0 aliphatic carbocycles. The van der Waals surface area contributed by atoms with Crippen LogP contribution in [0.4, 0.5) is 0 Å². The molecule has 1 fully saturated rings. The molecule has 0 aromatic carbocycles. The topological polar surface area (TPSA) is 29.5 Å². The van der Waals surface area contributed by atoms with E-state index < -0.39 is 0 Å². The molecule has 0 saturated carbocycles. The molecule has 1 amide bonds. The Kier molecular flexibility index (Phi) is 4.20. The van der Waals surface area contributed by atoms with Gasteiger partial charge in [0.05, 0.1) is 12.0 Å². The van der Waals surface area contributed by atoms with Gasteiger partial charge in [-0.15, -0.1) is 11.6 Å². The summed E-state index contributed by atoms with van der Waals surface area (Å²) in [5.74, 6) is 0.179. The van der Waals surface area contributed by atoms with E-state index in [0.717, 1.165) is 6.42 Å². The van der Waals surface area contributed by atoms with E-state index in [0.29, 0.717) is 13.2 Å². The van der Waals surface area contributed by atoms with Crippen LogP contribution in [0.25, 0.3) is 0 Å². The van der Waals surface area contributed by atoms with Crippen molar-refractivity contribution in [2.45, 2.75) is 31.7 Å². The minimum atomic E-state index is 0.00146. The lowest BCUT2D eigenvalue weighted by Gasteiger charge is -2.23. The lowest BCUT2D eigenvalue weighted by Crippen LogP contribution is -2.38. The predicted molar refractivity (Wildman–Crippen MR) is 56.5 cm³/mol. The molecule has 0 spiro atoms. The Morgan fingerprint density at radius 2 is 2.36 bits per heavy atom. The molecule has 4 heteroatoms. The largest absolute Gasteiger partial charge is 0.378 e. The van der Waals surface area contributed by atoms with Gasteiger partial charge < -0.3 is 9.64 Å². The Balaban J connectivity index is 2.47. The van der Waals surface area contributed by atoms with Crippen LogP contribution in [0.5, 0.6) is 0 Å². The molecule has 1 aliphatic rings. The zero-order valence-corrected chi connectivity index (χ0v) is 9.75. The van der Waals surface area contributed by atoms with E-state index in [1.54, 1.807) is 11.9 Å². The Labute approximate surface area is 90.4 Å². The number of alkyl halides is 1. The first kappa shape index (κ1) is 11.8. The summed E-state index contributed by atoms with van der Waals surface area (Å²) in [6.45, 7) is 5.14. The number of rotatable bonds is 3. The van der Waals surface area contributed by atoms with Crippen LogP contribution in [-0.4, -0.2) is 42.5 Å². The molecule has 1 aliphatic heterocycles. The van der Waals surface area contributed by atoms with Crippen LogP contribution in [0, 0.1) is 5.92 Å². The van der Waals surface area contributed by atoms with Crippen molar-refractivity contribution in [1.82, 2.24) is 4.90 Å². The Hall–Kier alpha value is -0.280. The predicted octanol–water partition coefficient (Wildman–Crippen LogP) is 1.50. The van der Waals surface area contributed by atoms with E-state index >= 15 is 0 Å². The van der Waals surface area contributed by atoms with E-state index in [-0.39, 0.29) is 23.3 Å². The summed E-state index contributed by atoms with van der Waals surface area (Å²) in [6.07, 6.45) is 0.886. The van der Waals surface area contributed by atoms with Crippen molar-refractivity contribution in [2.24, 2.45) is 5.92 Å². The van der Waals surface area contributed by atoms with Crippen LogP contribution in [0.3, 0.4) is 0 Å². The zero-order valence-electron chi connectivity index (χ0n) is 9.00. The van der Waals surface area contributed by atoms with E-state index in [1.807, 2.05) is 13.8 Å². The number of carbonyl (C=O) groups is 1. The molecule has 3 nitrogen and oxygen atoms in total. The summed E-state index contributed by atoms with van der Waals surface area (Å²) in [5, 5.41) is 0.00146. The quantitative estimate of drug-likeness (QED) is 0.674. The minimum absolute atomic E-state index is 0.00146. The molecule has 3 atom stereocenters. The van der Waals surface area contributed by atoms with E-state index in [4.69, 9.17) is 16.3 Å². The molecular weight excluding hydrogens is 202 g/mol. The van der Waals surface area contributed by atoms with Crippen molar-refractivity contribution in [3.05, 3.63) is 0 Å². The second kappa shape index (κ2) is 4.99. The molecule has 0 radical (unpaired) electrons. The maximum atomic E-state index is 11.9. The standard InChI is InChI=1S/C10H18ClNO2/c1-7(11)6-12(3)10(13)9-4-5-14-8(9)2/h7-9H,4-6H2,1-3H3. The highest BCUT2D eigenvalue weighted by molar-refractivity contribution is 6.20. The summed E-state index contributed by atoms with van der Waals surface area (Å²) in [6, 6.07) is 0. The second-order valence-corrected chi connectivity index (χ2v) is 4.72. The van der Waals surface area contributed by atoms with E-state index in [1.165, 1.54) is 0 Å². The molecule has 3 unspecified atom stereocenters. The van der Waals surface area contributed by atoms with E-state index in [9.17, 15) is 4.79 Å². The van der Waals surface area contributed by atoms with Gasteiger partial charge >= 0.3 is 0 Å². The van der Waals surface area contributed by atoms with Gasteiger partial charge in [-0.1, -0.05) is 0 Å². The highest BCUT2D eigenvalue weighted by Gasteiger charge is 2.32. The van der Waals surface area contributed by atoms with Crippen LogP contribution in [-0.2, 0) is 9.53 Å². The van der Waals surface area contributed by atoms with Gasteiger partial charge in [-0.25, -0.2) is 0 Å². The van der Waals surface area contributed by atoms with Gasteiger partial charge in [0.15, 0.2) is 0 Å². The second-order valence-electron chi connectivity index (χ2n) is 3.97. The van der Waals surface area contributed by atoms with Gasteiger partial charge in [0.1, 0.15) is 0 Å². The fraction of sp³-hybridized carbons (Fsp3) is 0.900. The maximum Gasteiger partial charge on any atom is 0.228 e. The SMILES string of the molecule is CC(Cl)CN(C)C(=O)C1CCOC1C. The third kappa shape index (κ3) is 2.85. The van der Waals surface area contributed by atoms with Crippen LogP contribution in [0.15, 0.2) is 0 Å². The molecule has 14 heavy (non-hydrogen) atoms. The molecule has 0 bridgehead atoms. The first-order chi connectivity index (χ1) is 6.52. The fourth-order valence-corrected chi connectivity index (χ4v) is 2.01. The number of nitrogens with zero attached hydrogens (tertiary/aromatic N) is 1. The minimum Gasteiger partial charge on any atom is -0.378 e. The fourth-order valence-electron chi connectivity index (χ4n) is 1.81. The molecule has 0 aromatic heterocycles. The number of amides is 1. The normalized spacial score (nSPS) is 28.9. The van der Waals surface area contributed by atoms with Gasteiger partial charge in [-0.05, 0) is 20.3 Å². The highest BCUT2D eigenvalue weighted by Crippen LogP contribution is 2.22. The van der Waals surface area contributed by atoms with Crippen LogP contribution < -0.4 is 0 Å². The van der Waals surface area contributed by atoms with Crippen molar-refractivity contribution in [3.8, 4) is 0 Å². The lowest BCUT2D eigenvalue weighted by atomic mass is 10.0. The third-order valence-electron chi connectivity index (χ3n) is 2.60. The van der Waals surface area contributed by atoms with Crippen molar-refractivity contribution in [1.29, 1.82) is 0 Å². The first-order valence-electron chi connectivity index (χ1n) is 5.03. The van der Waals surface area contributed by atoms with Gasteiger partial charge in [0.25, 0.3) is 0 Å². The van der Waals surface area contributed by atoms with E-state index in [2.05, 4.69) is 0 Å². The molecular formula is C10H18ClNO2. The average Bonchev–Trinajstić information content (AvgIpc) is 2.48. The molecule has 0 N–H and O–H groups in total. The van der Waals surface area contributed by atoms with Crippen molar-refractivity contribution >= 4 is 17.5 Å². The number of ether oxygens (including phenoxy) is 1. The van der Waals surface area contributed by atoms with Crippen molar-refractivity contribution in [3.63, 3.8) is 0 Å². The Morgan fingerprint density at radius 1 is 1.71 bits per heavy atom. The smallest absolute Gasteiger partial charge is 0.228 e. The number of hydrogen-bond donors (Lipinski definition) is 0.